The highest BCUT2D eigenvalue weighted by molar-refractivity contribution is 9.10. The van der Waals surface area contributed by atoms with E-state index in [1.807, 2.05) is 0 Å². The molecule has 0 aliphatic heterocycles. The Balaban J connectivity index is 2.40. The van der Waals surface area contributed by atoms with Crippen molar-refractivity contribution in [2.45, 2.75) is 0 Å². The SMILES string of the molecule is CNc1cncc(Oc2c(Br)cccc2[N+](=O)[O-])n1. The molecule has 2 aromatic rings. The fourth-order valence-corrected chi connectivity index (χ4v) is 1.80. The van der Waals surface area contributed by atoms with Crippen LogP contribution in [0.4, 0.5) is 11.5 Å². The van der Waals surface area contributed by atoms with Crippen molar-refractivity contribution in [3.63, 3.8) is 0 Å². The maximum Gasteiger partial charge on any atom is 0.312 e. The average molecular weight is 325 g/mol. The van der Waals surface area contributed by atoms with E-state index in [-0.39, 0.29) is 17.3 Å². The van der Waals surface area contributed by atoms with Crippen LogP contribution in [0.3, 0.4) is 0 Å². The van der Waals surface area contributed by atoms with E-state index in [1.165, 1.54) is 18.5 Å². The lowest BCUT2D eigenvalue weighted by Gasteiger charge is -2.07. The van der Waals surface area contributed by atoms with Gasteiger partial charge in [0, 0.05) is 13.1 Å². The van der Waals surface area contributed by atoms with Crippen LogP contribution in [0.2, 0.25) is 0 Å². The highest BCUT2D eigenvalue weighted by Crippen LogP contribution is 2.37. The van der Waals surface area contributed by atoms with Crippen LogP contribution >= 0.6 is 15.9 Å². The molecule has 1 N–H and O–H groups in total. The molecule has 0 atom stereocenters. The monoisotopic (exact) mass is 324 g/mol. The molecule has 7 nitrogen and oxygen atoms in total. The third-order valence-corrected chi connectivity index (χ3v) is 2.84. The van der Waals surface area contributed by atoms with Gasteiger partial charge >= 0.3 is 5.69 Å². The lowest BCUT2D eigenvalue weighted by atomic mass is 10.3. The lowest BCUT2D eigenvalue weighted by Crippen LogP contribution is -1.98. The second-order valence-corrected chi connectivity index (χ2v) is 4.29. The predicted octanol–water partition coefficient (Wildman–Crippen LogP) is 2.98. The summed E-state index contributed by atoms with van der Waals surface area (Å²) in [6.07, 6.45) is 2.89. The molecule has 8 heteroatoms. The van der Waals surface area contributed by atoms with Gasteiger partial charge in [0.05, 0.1) is 21.8 Å². The summed E-state index contributed by atoms with van der Waals surface area (Å²) in [6, 6.07) is 4.57. The Hall–Kier alpha value is -2.22. The van der Waals surface area contributed by atoms with Crippen molar-refractivity contribution in [3.05, 3.63) is 45.2 Å². The van der Waals surface area contributed by atoms with Crippen LogP contribution in [0.1, 0.15) is 0 Å². The van der Waals surface area contributed by atoms with Crippen LogP contribution in [-0.4, -0.2) is 21.9 Å². The first-order valence-electron chi connectivity index (χ1n) is 5.22. The van der Waals surface area contributed by atoms with Gasteiger partial charge in [-0.3, -0.25) is 15.1 Å². The van der Waals surface area contributed by atoms with E-state index in [9.17, 15) is 10.1 Å². The summed E-state index contributed by atoms with van der Waals surface area (Å²) in [6.45, 7) is 0. The van der Waals surface area contributed by atoms with Gasteiger partial charge in [0.15, 0.2) is 0 Å². The molecule has 98 valence electrons. The normalized spacial score (nSPS) is 10.0. The van der Waals surface area contributed by atoms with Gasteiger partial charge in [-0.15, -0.1) is 0 Å². The standard InChI is InChI=1S/C11H9BrN4O3/c1-13-9-5-14-6-10(15-9)19-11-7(12)3-2-4-8(11)16(17)18/h2-6H,1H3,(H,13,15). The largest absolute Gasteiger partial charge is 0.429 e. The first-order chi connectivity index (χ1) is 9.11. The van der Waals surface area contributed by atoms with Crippen molar-refractivity contribution < 1.29 is 9.66 Å². The van der Waals surface area contributed by atoms with E-state index in [4.69, 9.17) is 4.74 Å². The van der Waals surface area contributed by atoms with E-state index in [0.717, 1.165) is 0 Å². The summed E-state index contributed by atoms with van der Waals surface area (Å²) < 4.78 is 5.91. The molecule has 19 heavy (non-hydrogen) atoms. The van der Waals surface area contributed by atoms with E-state index in [0.29, 0.717) is 10.3 Å². The number of hydrogen-bond acceptors (Lipinski definition) is 6. The predicted molar refractivity (Wildman–Crippen MR) is 72.4 cm³/mol. The lowest BCUT2D eigenvalue weighted by molar-refractivity contribution is -0.385. The summed E-state index contributed by atoms with van der Waals surface area (Å²) in [5.74, 6) is 0.768. The quantitative estimate of drug-likeness (QED) is 0.686. The van der Waals surface area contributed by atoms with Gasteiger partial charge in [-0.05, 0) is 22.0 Å². The van der Waals surface area contributed by atoms with Crippen molar-refractivity contribution in [3.8, 4) is 11.6 Å². The highest BCUT2D eigenvalue weighted by Gasteiger charge is 2.19. The Morgan fingerprint density at radius 1 is 1.42 bits per heavy atom. The van der Waals surface area contributed by atoms with E-state index in [1.54, 1.807) is 19.2 Å². The summed E-state index contributed by atoms with van der Waals surface area (Å²) in [5.41, 5.74) is -0.147. The van der Waals surface area contributed by atoms with Gasteiger partial charge in [0.2, 0.25) is 11.6 Å². The number of rotatable bonds is 4. The third-order valence-electron chi connectivity index (χ3n) is 2.22. The zero-order valence-electron chi connectivity index (χ0n) is 9.83. The van der Waals surface area contributed by atoms with Gasteiger partial charge in [0.1, 0.15) is 5.82 Å². The Morgan fingerprint density at radius 3 is 2.89 bits per heavy atom. The number of anilines is 1. The minimum Gasteiger partial charge on any atom is -0.429 e. The number of nitrogens with zero attached hydrogens (tertiary/aromatic N) is 3. The fraction of sp³-hybridized carbons (Fsp3) is 0.0909. The van der Waals surface area contributed by atoms with Crippen LogP contribution < -0.4 is 10.1 Å². The molecule has 0 unspecified atom stereocenters. The highest BCUT2D eigenvalue weighted by atomic mass is 79.9. The van der Waals surface area contributed by atoms with Crippen molar-refractivity contribution in [2.24, 2.45) is 0 Å². The van der Waals surface area contributed by atoms with Gasteiger partial charge in [-0.25, -0.2) is 0 Å². The van der Waals surface area contributed by atoms with E-state index < -0.39 is 4.92 Å². The number of nitro benzene ring substituents is 1. The molecule has 0 saturated heterocycles. The molecule has 1 heterocycles. The van der Waals surface area contributed by atoms with Crippen molar-refractivity contribution in [2.75, 3.05) is 12.4 Å². The smallest absolute Gasteiger partial charge is 0.312 e. The van der Waals surface area contributed by atoms with E-state index >= 15 is 0 Å². The number of nitrogens with one attached hydrogen (secondary N) is 1. The van der Waals surface area contributed by atoms with Gasteiger partial charge in [0.25, 0.3) is 0 Å². The Labute approximate surface area is 116 Å². The zero-order chi connectivity index (χ0) is 13.8. The topological polar surface area (TPSA) is 90.2 Å². The summed E-state index contributed by atoms with van der Waals surface area (Å²) in [5, 5.41) is 13.7. The average Bonchev–Trinajstić information content (AvgIpc) is 2.41. The van der Waals surface area contributed by atoms with Crippen molar-refractivity contribution in [1.82, 2.24) is 9.97 Å². The van der Waals surface area contributed by atoms with Crippen molar-refractivity contribution >= 4 is 27.4 Å². The molecule has 2 rings (SSSR count). The van der Waals surface area contributed by atoms with Crippen LogP contribution in [0.25, 0.3) is 0 Å². The molecular formula is C11H9BrN4O3. The molecule has 0 aliphatic rings. The number of para-hydroxylation sites is 1. The minimum absolute atomic E-state index is 0.0926. The van der Waals surface area contributed by atoms with Crippen LogP contribution in [-0.2, 0) is 0 Å². The summed E-state index contributed by atoms with van der Waals surface area (Å²) >= 11 is 3.22. The molecule has 0 fully saturated rings. The van der Waals surface area contributed by atoms with Gasteiger partial charge < -0.3 is 10.1 Å². The Morgan fingerprint density at radius 2 is 2.21 bits per heavy atom. The number of halogens is 1. The molecule has 0 spiro atoms. The molecular weight excluding hydrogens is 316 g/mol. The van der Waals surface area contributed by atoms with Crippen LogP contribution in [0, 0.1) is 10.1 Å². The summed E-state index contributed by atoms with van der Waals surface area (Å²) in [4.78, 5) is 18.4. The van der Waals surface area contributed by atoms with E-state index in [2.05, 4.69) is 31.2 Å². The molecule has 0 radical (unpaired) electrons. The summed E-state index contributed by atoms with van der Waals surface area (Å²) in [7, 11) is 1.69. The van der Waals surface area contributed by atoms with Gasteiger partial charge in [-0.1, -0.05) is 6.07 Å². The zero-order valence-corrected chi connectivity index (χ0v) is 11.4. The second kappa shape index (κ2) is 5.61. The molecule has 0 aliphatic carbocycles. The number of nitro groups is 1. The Bertz CT molecular complexity index is 621. The maximum absolute atomic E-state index is 10.9. The van der Waals surface area contributed by atoms with Crippen LogP contribution in [0.5, 0.6) is 11.6 Å². The molecule has 1 aromatic carbocycles. The third kappa shape index (κ3) is 2.97. The fourth-order valence-electron chi connectivity index (χ4n) is 1.36. The first-order valence-corrected chi connectivity index (χ1v) is 6.01. The minimum atomic E-state index is -0.518. The molecule has 0 amide bonds. The van der Waals surface area contributed by atoms with Crippen LogP contribution in [0.15, 0.2) is 35.1 Å². The molecule has 1 aromatic heterocycles. The molecule has 0 saturated carbocycles. The maximum atomic E-state index is 10.9. The number of ether oxygens (including phenoxy) is 1. The Kier molecular flexibility index (Phi) is 3.91. The number of hydrogen-bond donors (Lipinski definition) is 1. The van der Waals surface area contributed by atoms with Crippen molar-refractivity contribution in [1.29, 1.82) is 0 Å². The van der Waals surface area contributed by atoms with Gasteiger partial charge in [-0.2, -0.15) is 4.98 Å². The second-order valence-electron chi connectivity index (χ2n) is 3.44. The first kappa shape index (κ1) is 13.2. The molecule has 0 bridgehead atoms. The number of aromatic nitrogens is 2. The number of benzene rings is 1.